The Morgan fingerprint density at radius 3 is 2.70 bits per heavy atom. The topological polar surface area (TPSA) is 72.7 Å². The molecule has 0 saturated heterocycles. The third-order valence-corrected chi connectivity index (χ3v) is 6.16. The van der Waals surface area contributed by atoms with Crippen LogP contribution in [-0.2, 0) is 19.4 Å². The van der Waals surface area contributed by atoms with Crippen LogP contribution in [0.2, 0.25) is 0 Å². The zero-order valence-corrected chi connectivity index (χ0v) is 16.6. The van der Waals surface area contributed by atoms with Gasteiger partial charge in [-0.1, -0.05) is 19.1 Å². The minimum atomic E-state index is -0.0924. The Hall–Kier alpha value is -2.54. The molecule has 1 amide bonds. The summed E-state index contributed by atoms with van der Waals surface area (Å²) in [6.07, 6.45) is 2.94. The van der Waals surface area contributed by atoms with E-state index in [1.807, 2.05) is 26.0 Å². The zero-order chi connectivity index (χ0) is 19.0. The molecule has 2 aromatic heterocycles. The maximum atomic E-state index is 12.5. The molecule has 0 bridgehead atoms. The third kappa shape index (κ3) is 3.51. The van der Waals surface area contributed by atoms with Crippen LogP contribution >= 0.6 is 11.3 Å². The van der Waals surface area contributed by atoms with Crippen molar-refractivity contribution in [1.29, 1.82) is 0 Å². The van der Waals surface area contributed by atoms with Crippen LogP contribution in [0.4, 0.5) is 5.69 Å². The molecule has 1 aliphatic heterocycles. The number of amides is 1. The summed E-state index contributed by atoms with van der Waals surface area (Å²) in [5.41, 5.74) is 2.88. The molecule has 4 rings (SSSR count). The van der Waals surface area contributed by atoms with E-state index in [2.05, 4.69) is 44.1 Å². The molecule has 3 heterocycles. The minimum absolute atomic E-state index is 0.0924. The van der Waals surface area contributed by atoms with Gasteiger partial charge >= 0.3 is 0 Å². The quantitative estimate of drug-likeness (QED) is 0.744. The van der Waals surface area contributed by atoms with Gasteiger partial charge < -0.3 is 9.88 Å². The van der Waals surface area contributed by atoms with Crippen LogP contribution in [0.3, 0.4) is 0 Å². The summed E-state index contributed by atoms with van der Waals surface area (Å²) in [6, 6.07) is 8.20. The predicted octanol–water partition coefficient (Wildman–Crippen LogP) is 3.90. The molecule has 1 aliphatic rings. The van der Waals surface area contributed by atoms with Crippen molar-refractivity contribution in [2.24, 2.45) is 0 Å². The Bertz CT molecular complexity index is 959. The largest absolute Gasteiger partial charge is 0.321 e. The lowest BCUT2D eigenvalue weighted by molar-refractivity contribution is 0.103. The highest BCUT2D eigenvalue weighted by molar-refractivity contribution is 7.13. The van der Waals surface area contributed by atoms with Gasteiger partial charge in [-0.25, -0.2) is 4.98 Å². The Balaban J connectivity index is 1.46. The van der Waals surface area contributed by atoms with Crippen LogP contribution in [-0.4, -0.2) is 25.7 Å². The lowest BCUT2D eigenvalue weighted by Crippen LogP contribution is -2.20. The molecule has 3 aromatic rings. The fourth-order valence-electron chi connectivity index (χ4n) is 3.69. The van der Waals surface area contributed by atoms with Crippen molar-refractivity contribution in [3.05, 3.63) is 57.1 Å². The summed E-state index contributed by atoms with van der Waals surface area (Å²) in [5.74, 6) is 2.52. The van der Waals surface area contributed by atoms with E-state index in [1.165, 1.54) is 16.9 Å². The predicted molar refractivity (Wildman–Crippen MR) is 106 cm³/mol. The average Bonchev–Trinajstić information content (AvgIpc) is 3.23. The van der Waals surface area contributed by atoms with E-state index in [-0.39, 0.29) is 5.91 Å². The number of aryl methyl sites for hydroxylation is 4. The molecule has 0 aliphatic carbocycles. The third-order valence-electron chi connectivity index (χ3n) is 5.09. The second-order valence-corrected chi connectivity index (χ2v) is 8.16. The highest BCUT2D eigenvalue weighted by Gasteiger charge is 2.23. The highest BCUT2D eigenvalue weighted by atomic mass is 32.1. The number of aromatic nitrogens is 4. The number of carbonyl (C=O) groups excluding carboxylic acids is 1. The second kappa shape index (κ2) is 7.23. The van der Waals surface area contributed by atoms with Crippen molar-refractivity contribution < 1.29 is 4.79 Å². The summed E-state index contributed by atoms with van der Waals surface area (Å²) < 4.78 is 2.26. The standard InChI is InChI=1S/C20H23N5OS/c1-4-17-23-24-18-10-7-15(11-25(17)18)14-5-8-16(9-6-14)22-20(26)19-12(2)21-13(3)27-19/h5-6,8-9,15H,4,7,10-11H2,1-3H3,(H,22,26)/t15-/m0/s1. The molecule has 0 unspecified atom stereocenters. The lowest BCUT2D eigenvalue weighted by Gasteiger charge is -2.24. The first kappa shape index (κ1) is 17.9. The summed E-state index contributed by atoms with van der Waals surface area (Å²) in [5, 5.41) is 12.5. The van der Waals surface area contributed by atoms with Gasteiger partial charge in [-0.15, -0.1) is 21.5 Å². The van der Waals surface area contributed by atoms with Gasteiger partial charge in [-0.3, -0.25) is 4.79 Å². The van der Waals surface area contributed by atoms with Crippen molar-refractivity contribution in [3.8, 4) is 0 Å². The van der Waals surface area contributed by atoms with Gasteiger partial charge in [-0.05, 0) is 38.0 Å². The molecule has 6 nitrogen and oxygen atoms in total. The number of thiazole rings is 1. The van der Waals surface area contributed by atoms with E-state index in [0.717, 1.165) is 53.8 Å². The first-order valence-corrected chi connectivity index (χ1v) is 10.1. The number of rotatable bonds is 4. The van der Waals surface area contributed by atoms with Gasteiger partial charge in [0, 0.05) is 31.0 Å². The number of hydrogen-bond acceptors (Lipinski definition) is 5. The second-order valence-electron chi connectivity index (χ2n) is 6.96. The summed E-state index contributed by atoms with van der Waals surface area (Å²) in [7, 11) is 0. The molecule has 0 saturated carbocycles. The van der Waals surface area contributed by atoms with Gasteiger partial charge in [0.05, 0.1) is 10.7 Å². The van der Waals surface area contributed by atoms with E-state index in [4.69, 9.17) is 0 Å². The molecule has 0 radical (unpaired) electrons. The van der Waals surface area contributed by atoms with Crippen molar-refractivity contribution in [2.75, 3.05) is 5.32 Å². The first-order chi connectivity index (χ1) is 13.0. The molecule has 7 heteroatoms. The number of hydrogen-bond donors (Lipinski definition) is 1. The van der Waals surface area contributed by atoms with Gasteiger partial charge in [0.25, 0.3) is 5.91 Å². The molecule has 0 fully saturated rings. The Labute approximate surface area is 162 Å². The maximum Gasteiger partial charge on any atom is 0.267 e. The SMILES string of the molecule is CCc1nnc2n1C[C@@H](c1ccc(NC(=O)c3sc(C)nc3C)cc1)CC2. The van der Waals surface area contributed by atoms with E-state index in [0.29, 0.717) is 10.8 Å². The summed E-state index contributed by atoms with van der Waals surface area (Å²) >= 11 is 1.43. The molecule has 1 atom stereocenters. The van der Waals surface area contributed by atoms with Gasteiger partial charge in [0.1, 0.15) is 16.5 Å². The average molecular weight is 382 g/mol. The minimum Gasteiger partial charge on any atom is -0.321 e. The molecule has 140 valence electrons. The van der Waals surface area contributed by atoms with Gasteiger partial charge in [-0.2, -0.15) is 0 Å². The van der Waals surface area contributed by atoms with Crippen LogP contribution in [0.5, 0.6) is 0 Å². The van der Waals surface area contributed by atoms with Gasteiger partial charge in [0.15, 0.2) is 0 Å². The van der Waals surface area contributed by atoms with Crippen LogP contribution in [0, 0.1) is 13.8 Å². The number of nitrogens with zero attached hydrogens (tertiary/aromatic N) is 4. The fourth-order valence-corrected chi connectivity index (χ4v) is 4.50. The molecular weight excluding hydrogens is 358 g/mol. The molecule has 27 heavy (non-hydrogen) atoms. The highest BCUT2D eigenvalue weighted by Crippen LogP contribution is 2.30. The van der Waals surface area contributed by atoms with Crippen LogP contribution < -0.4 is 5.32 Å². The molecular formula is C20H23N5OS. The normalized spacial score (nSPS) is 16.2. The summed E-state index contributed by atoms with van der Waals surface area (Å²) in [6.45, 7) is 6.83. The smallest absolute Gasteiger partial charge is 0.267 e. The van der Waals surface area contributed by atoms with Crippen molar-refractivity contribution in [3.63, 3.8) is 0 Å². The number of benzene rings is 1. The number of nitrogens with one attached hydrogen (secondary N) is 1. The Morgan fingerprint density at radius 2 is 2.04 bits per heavy atom. The Kier molecular flexibility index (Phi) is 4.78. The zero-order valence-electron chi connectivity index (χ0n) is 15.8. The van der Waals surface area contributed by atoms with E-state index in [9.17, 15) is 4.79 Å². The Morgan fingerprint density at radius 1 is 1.26 bits per heavy atom. The van der Waals surface area contributed by atoms with Crippen LogP contribution in [0.1, 0.15) is 56.8 Å². The fraction of sp³-hybridized carbons (Fsp3) is 0.400. The maximum absolute atomic E-state index is 12.5. The monoisotopic (exact) mass is 381 g/mol. The van der Waals surface area contributed by atoms with Crippen molar-refractivity contribution >= 4 is 22.9 Å². The van der Waals surface area contributed by atoms with Crippen LogP contribution in [0.15, 0.2) is 24.3 Å². The van der Waals surface area contributed by atoms with E-state index >= 15 is 0 Å². The van der Waals surface area contributed by atoms with E-state index in [1.54, 1.807) is 0 Å². The lowest BCUT2D eigenvalue weighted by atomic mass is 9.91. The van der Waals surface area contributed by atoms with Crippen molar-refractivity contribution in [1.82, 2.24) is 19.7 Å². The van der Waals surface area contributed by atoms with Crippen molar-refractivity contribution in [2.45, 2.75) is 52.5 Å². The van der Waals surface area contributed by atoms with Crippen LogP contribution in [0.25, 0.3) is 0 Å². The summed E-state index contributed by atoms with van der Waals surface area (Å²) in [4.78, 5) is 17.5. The number of anilines is 1. The molecule has 0 spiro atoms. The number of carbonyl (C=O) groups is 1. The molecule has 1 aromatic carbocycles. The van der Waals surface area contributed by atoms with E-state index < -0.39 is 0 Å². The number of fused-ring (bicyclic) bond motifs is 1. The van der Waals surface area contributed by atoms with Gasteiger partial charge in [0.2, 0.25) is 0 Å². The first-order valence-electron chi connectivity index (χ1n) is 9.31. The molecule has 1 N–H and O–H groups in total.